The molecule has 0 fully saturated rings. The molecule has 0 spiro atoms. The number of halogens is 2. The Balaban J connectivity index is -0.000000305. The summed E-state index contributed by atoms with van der Waals surface area (Å²) in [5.41, 5.74) is 1.47. The van der Waals surface area contributed by atoms with Crippen molar-refractivity contribution in [3.63, 3.8) is 0 Å². The predicted molar refractivity (Wildman–Crippen MR) is 75.0 cm³/mol. The Kier molecular flexibility index (Phi) is 16.3. The summed E-state index contributed by atoms with van der Waals surface area (Å²) in [5.74, 6) is -0.286. The molecule has 2 heteroatoms. The minimum atomic E-state index is -0.286. The number of hydrogen-bond acceptors (Lipinski definition) is 0. The number of aryl methyl sites for hydroxylation is 2. The molecule has 1 aromatic carbocycles. The molecule has 0 nitrogen and oxygen atoms in total. The van der Waals surface area contributed by atoms with Crippen LogP contribution in [0.15, 0.2) is 12.1 Å². The minimum absolute atomic E-state index is 0. The van der Waals surface area contributed by atoms with Gasteiger partial charge in [-0.3, -0.25) is 0 Å². The van der Waals surface area contributed by atoms with E-state index in [9.17, 15) is 4.39 Å². The SMILES string of the molecule is C.CC.CC.CCc1ccc(C)c(F)c1Cl. The van der Waals surface area contributed by atoms with Gasteiger partial charge in [-0.2, -0.15) is 0 Å². The van der Waals surface area contributed by atoms with Gasteiger partial charge >= 0.3 is 0 Å². The maximum atomic E-state index is 13.0. The monoisotopic (exact) mass is 248 g/mol. The zero-order chi connectivity index (χ0) is 12.4. The number of hydrogen-bond donors (Lipinski definition) is 0. The Labute approximate surface area is 106 Å². The molecule has 0 aliphatic carbocycles. The van der Waals surface area contributed by atoms with Crippen molar-refractivity contribution in [1.82, 2.24) is 0 Å². The molecule has 0 saturated carbocycles. The summed E-state index contributed by atoms with van der Waals surface area (Å²) in [5, 5.41) is 0.271. The first-order chi connectivity index (χ1) is 7.16. The summed E-state index contributed by atoms with van der Waals surface area (Å²) in [6, 6.07) is 3.61. The van der Waals surface area contributed by atoms with Crippen LogP contribution in [0, 0.1) is 12.7 Å². The molecule has 0 heterocycles. The molecule has 0 bridgehead atoms. The van der Waals surface area contributed by atoms with Crippen LogP contribution in [-0.2, 0) is 6.42 Å². The van der Waals surface area contributed by atoms with Crippen molar-refractivity contribution in [2.45, 2.75) is 55.4 Å². The second-order valence-electron chi connectivity index (χ2n) is 2.52. The van der Waals surface area contributed by atoms with Crippen LogP contribution in [0.25, 0.3) is 0 Å². The standard InChI is InChI=1S/C9H10ClF.2C2H6.CH4/c1-3-7-5-4-6(2)9(11)8(7)10;2*1-2;/h4-5H,3H2,1-2H3;2*1-2H3;1H4. The Morgan fingerprint density at radius 3 is 1.94 bits per heavy atom. The van der Waals surface area contributed by atoms with Crippen LogP contribution in [0.4, 0.5) is 4.39 Å². The summed E-state index contributed by atoms with van der Waals surface area (Å²) in [6.07, 6.45) is 0.774. The average molecular weight is 249 g/mol. The third-order valence-electron chi connectivity index (χ3n) is 1.74. The van der Waals surface area contributed by atoms with Crippen LogP contribution in [0.1, 0.15) is 53.2 Å². The van der Waals surface area contributed by atoms with E-state index in [2.05, 4.69) is 0 Å². The molecule has 1 rings (SSSR count). The zero-order valence-electron chi connectivity index (χ0n) is 10.6. The normalized spacial score (nSPS) is 7.75. The molecule has 0 N–H and O–H groups in total. The topological polar surface area (TPSA) is 0 Å². The quantitative estimate of drug-likeness (QED) is 0.569. The molecule has 0 radical (unpaired) electrons. The van der Waals surface area contributed by atoms with Gasteiger partial charge < -0.3 is 0 Å². The highest BCUT2D eigenvalue weighted by molar-refractivity contribution is 6.31. The Morgan fingerprint density at radius 2 is 1.56 bits per heavy atom. The van der Waals surface area contributed by atoms with Crippen molar-refractivity contribution in [2.24, 2.45) is 0 Å². The van der Waals surface area contributed by atoms with Crippen molar-refractivity contribution in [1.29, 1.82) is 0 Å². The second-order valence-corrected chi connectivity index (χ2v) is 2.90. The fourth-order valence-corrected chi connectivity index (χ4v) is 1.30. The van der Waals surface area contributed by atoms with E-state index in [0.717, 1.165) is 12.0 Å². The first kappa shape index (κ1) is 20.8. The van der Waals surface area contributed by atoms with Crippen LogP contribution in [0.2, 0.25) is 5.02 Å². The lowest BCUT2D eigenvalue weighted by Gasteiger charge is -2.03. The first-order valence-corrected chi connectivity index (χ1v) is 5.98. The Bertz CT molecular complexity index is 270. The average Bonchev–Trinajstić information content (AvgIpc) is 2.32. The van der Waals surface area contributed by atoms with E-state index < -0.39 is 0 Å². The van der Waals surface area contributed by atoms with Gasteiger partial charge in [0.2, 0.25) is 0 Å². The molecular weight excluding hydrogens is 223 g/mol. The van der Waals surface area contributed by atoms with Gasteiger partial charge in [0.25, 0.3) is 0 Å². The van der Waals surface area contributed by atoms with Crippen LogP contribution in [0.3, 0.4) is 0 Å². The summed E-state index contributed by atoms with van der Waals surface area (Å²) in [6.45, 7) is 11.7. The van der Waals surface area contributed by atoms with Crippen molar-refractivity contribution in [3.05, 3.63) is 34.1 Å². The van der Waals surface area contributed by atoms with E-state index in [0.29, 0.717) is 5.56 Å². The Hall–Kier alpha value is -0.560. The van der Waals surface area contributed by atoms with Crippen molar-refractivity contribution in [2.75, 3.05) is 0 Å². The van der Waals surface area contributed by atoms with Crippen LogP contribution >= 0.6 is 11.6 Å². The molecule has 0 atom stereocenters. The molecule has 0 aliphatic rings. The lowest BCUT2D eigenvalue weighted by molar-refractivity contribution is 0.617. The van der Waals surface area contributed by atoms with Gasteiger partial charge in [0.15, 0.2) is 0 Å². The predicted octanol–water partition coefficient (Wildman–Crippen LogP) is 6.04. The third-order valence-corrected chi connectivity index (χ3v) is 2.14. The Morgan fingerprint density at radius 1 is 1.12 bits per heavy atom. The summed E-state index contributed by atoms with van der Waals surface area (Å²) < 4.78 is 13.0. The molecular formula is C14H26ClF. The van der Waals surface area contributed by atoms with Crippen molar-refractivity contribution < 1.29 is 4.39 Å². The second kappa shape index (κ2) is 12.5. The summed E-state index contributed by atoms with van der Waals surface area (Å²) in [7, 11) is 0. The summed E-state index contributed by atoms with van der Waals surface area (Å²) >= 11 is 5.72. The summed E-state index contributed by atoms with van der Waals surface area (Å²) in [4.78, 5) is 0. The highest BCUT2D eigenvalue weighted by Crippen LogP contribution is 2.22. The van der Waals surface area contributed by atoms with Crippen molar-refractivity contribution in [3.8, 4) is 0 Å². The van der Waals surface area contributed by atoms with Gasteiger partial charge in [0, 0.05) is 0 Å². The van der Waals surface area contributed by atoms with Gasteiger partial charge in [-0.25, -0.2) is 4.39 Å². The number of benzene rings is 1. The third kappa shape index (κ3) is 6.12. The van der Waals surface area contributed by atoms with E-state index in [1.54, 1.807) is 13.0 Å². The molecule has 0 unspecified atom stereocenters. The molecule has 96 valence electrons. The van der Waals surface area contributed by atoms with Gasteiger partial charge in [0.1, 0.15) is 5.82 Å². The maximum absolute atomic E-state index is 13.0. The molecule has 1 aromatic rings. The highest BCUT2D eigenvalue weighted by Gasteiger charge is 2.06. The fourth-order valence-electron chi connectivity index (χ4n) is 0.959. The molecule has 0 aromatic heterocycles. The smallest absolute Gasteiger partial charge is 0.144 e. The van der Waals surface area contributed by atoms with Gasteiger partial charge in [-0.05, 0) is 24.5 Å². The first-order valence-electron chi connectivity index (χ1n) is 5.60. The van der Waals surface area contributed by atoms with Gasteiger partial charge in [-0.1, -0.05) is 65.8 Å². The van der Waals surface area contributed by atoms with E-state index in [4.69, 9.17) is 11.6 Å². The van der Waals surface area contributed by atoms with Crippen molar-refractivity contribution >= 4 is 11.6 Å². The van der Waals surface area contributed by atoms with Gasteiger partial charge in [-0.15, -0.1) is 0 Å². The van der Waals surface area contributed by atoms with E-state index >= 15 is 0 Å². The van der Waals surface area contributed by atoms with Crippen LogP contribution in [-0.4, -0.2) is 0 Å². The molecule has 0 aliphatic heterocycles. The lowest BCUT2D eigenvalue weighted by atomic mass is 10.1. The van der Waals surface area contributed by atoms with E-state index in [1.165, 1.54) is 0 Å². The lowest BCUT2D eigenvalue weighted by Crippen LogP contribution is -1.89. The zero-order valence-corrected chi connectivity index (χ0v) is 11.4. The fraction of sp³-hybridized carbons (Fsp3) is 0.571. The molecule has 16 heavy (non-hydrogen) atoms. The van der Waals surface area contributed by atoms with Crippen LogP contribution in [0.5, 0.6) is 0 Å². The maximum Gasteiger partial charge on any atom is 0.144 e. The minimum Gasteiger partial charge on any atom is -0.205 e. The molecule has 0 saturated heterocycles. The highest BCUT2D eigenvalue weighted by atomic mass is 35.5. The van der Waals surface area contributed by atoms with Gasteiger partial charge in [0.05, 0.1) is 5.02 Å². The largest absolute Gasteiger partial charge is 0.205 e. The van der Waals surface area contributed by atoms with E-state index in [-0.39, 0.29) is 18.3 Å². The number of rotatable bonds is 1. The van der Waals surface area contributed by atoms with E-state index in [1.807, 2.05) is 40.7 Å². The molecule has 0 amide bonds. The van der Waals surface area contributed by atoms with Crippen LogP contribution < -0.4 is 0 Å².